The lowest BCUT2D eigenvalue weighted by atomic mass is 9.89. The number of urea groups is 1. The highest BCUT2D eigenvalue weighted by molar-refractivity contribution is 7.81. The van der Waals surface area contributed by atoms with E-state index in [0.717, 1.165) is 28.7 Å². The Labute approximate surface area is 322 Å². The van der Waals surface area contributed by atoms with Crippen LogP contribution in [0.25, 0.3) is 11.3 Å². The number of carbonyl (C=O) groups is 3. The Hall–Kier alpha value is -4.74. The number of alkyl halides is 1. The molecule has 7 rings (SSSR count). The standard InChI is InChI=1S/C38H44F3N9O4S/c1-23(17-48-20-28(45-46-48)21-49-34(51)14-33(55)37(49)52)43-38(53)50(19-26-15-42-16-31(26)41)35(25-9-11-54-12-10-25)36-44-32(29-13-27(39)7-8-30(29)40)22-47(36)18-24-5-3-2-4-6-24/h2-8,13,20,22-23,25-26,31,33,35,42,55H,9-12,14-19,21H2,1H3,(H,43,53). The maximum Gasteiger partial charge on any atom is 0.318 e. The van der Waals surface area contributed by atoms with Crippen LogP contribution in [0, 0.1) is 23.5 Å². The lowest BCUT2D eigenvalue weighted by Gasteiger charge is -2.40. The Morgan fingerprint density at radius 1 is 1.09 bits per heavy atom. The predicted octanol–water partition coefficient (Wildman–Crippen LogP) is 4.15. The summed E-state index contributed by atoms with van der Waals surface area (Å²) in [6.07, 6.45) is 3.31. The van der Waals surface area contributed by atoms with Gasteiger partial charge in [-0.05, 0) is 49.4 Å². The molecule has 0 spiro atoms. The molecule has 3 aliphatic rings. The van der Waals surface area contributed by atoms with Crippen molar-refractivity contribution in [2.45, 2.75) is 69.3 Å². The number of nitrogens with zero attached hydrogens (tertiary/aromatic N) is 7. The first-order valence-corrected chi connectivity index (χ1v) is 19.0. The number of amides is 4. The summed E-state index contributed by atoms with van der Waals surface area (Å²) in [6.45, 7) is 3.81. The highest BCUT2D eigenvalue weighted by Crippen LogP contribution is 2.38. The monoisotopic (exact) mass is 779 g/mol. The zero-order valence-electron chi connectivity index (χ0n) is 30.4. The fourth-order valence-electron chi connectivity index (χ4n) is 7.60. The molecule has 3 fully saturated rings. The summed E-state index contributed by atoms with van der Waals surface area (Å²) in [4.78, 5) is 47.0. The highest BCUT2D eigenvalue weighted by Gasteiger charge is 2.41. The Kier molecular flexibility index (Phi) is 11.9. The Morgan fingerprint density at radius 2 is 1.87 bits per heavy atom. The van der Waals surface area contributed by atoms with Gasteiger partial charge in [0, 0.05) is 69.5 Å². The summed E-state index contributed by atoms with van der Waals surface area (Å²) in [7, 11) is 0. The number of hydrogen-bond acceptors (Lipinski definition) is 9. The zero-order valence-corrected chi connectivity index (χ0v) is 31.3. The van der Waals surface area contributed by atoms with Gasteiger partial charge >= 0.3 is 6.03 Å². The Morgan fingerprint density at radius 3 is 2.58 bits per heavy atom. The molecule has 13 nitrogen and oxygen atoms in total. The van der Waals surface area contributed by atoms with Crippen molar-refractivity contribution in [3.8, 4) is 11.3 Å². The Bertz CT molecular complexity index is 1990. The van der Waals surface area contributed by atoms with Crippen LogP contribution in [0.3, 0.4) is 0 Å². The van der Waals surface area contributed by atoms with E-state index in [-0.39, 0.29) is 61.6 Å². The van der Waals surface area contributed by atoms with Crippen LogP contribution in [-0.4, -0.2) is 103 Å². The number of rotatable bonds is 13. The zero-order chi connectivity index (χ0) is 38.6. The van der Waals surface area contributed by atoms with Gasteiger partial charge in [-0.2, -0.15) is 12.6 Å². The van der Waals surface area contributed by atoms with Gasteiger partial charge in [-0.25, -0.2) is 22.9 Å². The minimum atomic E-state index is -1.19. The largest absolute Gasteiger partial charge is 0.381 e. The van der Waals surface area contributed by atoms with E-state index >= 15 is 8.78 Å². The first kappa shape index (κ1) is 38.5. The molecule has 17 heteroatoms. The molecular formula is C38H44F3N9O4S. The van der Waals surface area contributed by atoms with Gasteiger partial charge in [0.05, 0.1) is 36.3 Å². The van der Waals surface area contributed by atoms with Crippen molar-refractivity contribution in [3.05, 3.63) is 89.6 Å². The smallest absolute Gasteiger partial charge is 0.318 e. The van der Waals surface area contributed by atoms with E-state index in [9.17, 15) is 18.8 Å². The number of thiol groups is 1. The quantitative estimate of drug-likeness (QED) is 0.136. The molecule has 0 saturated carbocycles. The molecule has 5 unspecified atom stereocenters. The fourth-order valence-corrected chi connectivity index (χ4v) is 7.90. The molecule has 292 valence electrons. The Balaban J connectivity index is 1.21. The average molecular weight is 780 g/mol. The van der Waals surface area contributed by atoms with Gasteiger partial charge in [0.25, 0.3) is 0 Å². The second-order valence-electron chi connectivity index (χ2n) is 14.5. The van der Waals surface area contributed by atoms with Crippen molar-refractivity contribution in [1.82, 2.24) is 45.0 Å². The van der Waals surface area contributed by atoms with Gasteiger partial charge in [0.2, 0.25) is 11.8 Å². The van der Waals surface area contributed by atoms with Crippen molar-refractivity contribution in [2.24, 2.45) is 11.8 Å². The number of nitrogens with one attached hydrogen (secondary N) is 2. The number of ether oxygens (including phenoxy) is 1. The summed E-state index contributed by atoms with van der Waals surface area (Å²) >= 11 is 4.17. The van der Waals surface area contributed by atoms with Gasteiger partial charge in [-0.1, -0.05) is 35.5 Å². The average Bonchev–Trinajstić information content (AvgIpc) is 3.95. The second kappa shape index (κ2) is 17.0. The SMILES string of the molecule is CC(Cn1cc(CN2C(=O)CC(S)C2=O)nn1)NC(=O)N(CC1CNCC1F)C(c1nc(-c2cc(F)ccc2F)cn1Cc1ccccc1)C1CCOCC1. The van der Waals surface area contributed by atoms with E-state index in [1.54, 1.807) is 24.2 Å². The third kappa shape index (κ3) is 8.89. The van der Waals surface area contributed by atoms with Crippen LogP contribution in [0.5, 0.6) is 0 Å². The summed E-state index contributed by atoms with van der Waals surface area (Å²) in [6, 6.07) is 11.2. The van der Waals surface area contributed by atoms with E-state index in [4.69, 9.17) is 9.72 Å². The predicted molar refractivity (Wildman–Crippen MR) is 198 cm³/mol. The van der Waals surface area contributed by atoms with Gasteiger partial charge in [-0.15, -0.1) is 5.10 Å². The van der Waals surface area contributed by atoms with Crippen molar-refractivity contribution in [1.29, 1.82) is 0 Å². The van der Waals surface area contributed by atoms with Gasteiger partial charge in [-0.3, -0.25) is 19.2 Å². The third-order valence-corrected chi connectivity index (χ3v) is 10.8. The minimum absolute atomic E-state index is 0.0108. The molecule has 3 saturated heterocycles. The van der Waals surface area contributed by atoms with Crippen LogP contribution in [0.2, 0.25) is 0 Å². The van der Waals surface area contributed by atoms with E-state index in [1.165, 1.54) is 4.68 Å². The normalized spacial score (nSPS) is 21.6. The van der Waals surface area contributed by atoms with Crippen LogP contribution in [0.15, 0.2) is 60.9 Å². The van der Waals surface area contributed by atoms with Crippen molar-refractivity contribution < 1.29 is 32.3 Å². The molecule has 2 aromatic heterocycles. The van der Waals surface area contributed by atoms with Gasteiger partial charge in [0.1, 0.15) is 29.3 Å². The van der Waals surface area contributed by atoms with Crippen LogP contribution in [-0.2, 0) is 34.0 Å². The molecule has 0 bridgehead atoms. The summed E-state index contributed by atoms with van der Waals surface area (Å²) < 4.78 is 54.2. The molecular weight excluding hydrogens is 736 g/mol. The van der Waals surface area contributed by atoms with E-state index < -0.39 is 47.1 Å². The molecule has 0 radical (unpaired) electrons. The number of imide groups is 1. The first-order chi connectivity index (χ1) is 26.5. The van der Waals surface area contributed by atoms with Crippen molar-refractivity contribution in [2.75, 3.05) is 32.8 Å². The lowest BCUT2D eigenvalue weighted by molar-refractivity contribution is -0.139. The number of likely N-dealkylation sites (tertiary alicyclic amines) is 1. The van der Waals surface area contributed by atoms with E-state index in [0.29, 0.717) is 50.7 Å². The lowest BCUT2D eigenvalue weighted by Crippen LogP contribution is -2.51. The second-order valence-corrected chi connectivity index (χ2v) is 15.1. The first-order valence-electron chi connectivity index (χ1n) is 18.5. The fraction of sp³-hybridized carbons (Fsp3) is 0.474. The number of carbonyl (C=O) groups excluding carboxylic acids is 3. The van der Waals surface area contributed by atoms with Gasteiger partial charge < -0.3 is 24.8 Å². The molecule has 2 N–H and O–H groups in total. The molecule has 0 aliphatic carbocycles. The maximum atomic E-state index is 15.4. The number of aromatic nitrogens is 5. The van der Waals surface area contributed by atoms with E-state index in [2.05, 4.69) is 33.6 Å². The molecule has 5 atom stereocenters. The summed E-state index contributed by atoms with van der Waals surface area (Å²) in [5, 5.41) is 13.8. The molecule has 4 amide bonds. The number of imidazole rings is 1. The highest BCUT2D eigenvalue weighted by atomic mass is 32.1. The number of halogens is 3. The van der Waals surface area contributed by atoms with Crippen LogP contribution in [0.4, 0.5) is 18.0 Å². The van der Waals surface area contributed by atoms with Crippen LogP contribution in [0.1, 0.15) is 49.3 Å². The summed E-state index contributed by atoms with van der Waals surface area (Å²) in [5.74, 6) is -2.16. The number of benzene rings is 2. The van der Waals surface area contributed by atoms with Crippen LogP contribution >= 0.6 is 12.6 Å². The van der Waals surface area contributed by atoms with Crippen LogP contribution < -0.4 is 10.6 Å². The maximum absolute atomic E-state index is 15.4. The van der Waals surface area contributed by atoms with E-state index in [1.807, 2.05) is 34.9 Å². The molecule has 55 heavy (non-hydrogen) atoms. The molecule has 4 aromatic rings. The van der Waals surface area contributed by atoms with Gasteiger partial charge in [0.15, 0.2) is 0 Å². The molecule has 2 aromatic carbocycles. The number of hydrogen-bond donors (Lipinski definition) is 3. The molecule has 3 aliphatic heterocycles. The summed E-state index contributed by atoms with van der Waals surface area (Å²) in [5.41, 5.74) is 1.54. The minimum Gasteiger partial charge on any atom is -0.381 e. The van der Waals surface area contributed by atoms with Crippen molar-refractivity contribution in [3.63, 3.8) is 0 Å². The van der Waals surface area contributed by atoms with Crippen molar-refractivity contribution >= 4 is 30.5 Å². The molecule has 5 heterocycles. The third-order valence-electron chi connectivity index (χ3n) is 10.4. The topological polar surface area (TPSA) is 140 Å².